The molecule has 162 valence electrons. The molecule has 2 rings (SSSR count). The van der Waals surface area contributed by atoms with Crippen molar-refractivity contribution in [2.24, 2.45) is 5.92 Å². The first-order valence-electron chi connectivity index (χ1n) is 10.4. The lowest BCUT2D eigenvalue weighted by Crippen LogP contribution is -2.48. The standard InChI is InChI=1S/C22H35N3O3S/c1-17(2)25(21(27)28-22(3,4)5)14-18-9-8-12-24(13-18)20(26)16-29-15-19-10-6-7-11-23-19/h6-7,10-11,17-18H,8-9,12-16H2,1-5H3. The van der Waals surface area contributed by atoms with Gasteiger partial charge in [0.25, 0.3) is 0 Å². The summed E-state index contributed by atoms with van der Waals surface area (Å²) in [4.78, 5) is 33.3. The molecule has 1 aliphatic rings. The zero-order valence-corrected chi connectivity index (χ0v) is 19.2. The van der Waals surface area contributed by atoms with Crippen LogP contribution in [-0.2, 0) is 15.3 Å². The topological polar surface area (TPSA) is 62.7 Å². The Bertz CT molecular complexity index is 661. The van der Waals surface area contributed by atoms with Crippen LogP contribution in [0.2, 0.25) is 0 Å². The molecule has 1 fully saturated rings. The van der Waals surface area contributed by atoms with Gasteiger partial charge in [0.1, 0.15) is 5.60 Å². The van der Waals surface area contributed by atoms with Gasteiger partial charge in [-0.1, -0.05) is 6.07 Å². The highest BCUT2D eigenvalue weighted by Gasteiger charge is 2.30. The van der Waals surface area contributed by atoms with E-state index in [0.29, 0.717) is 18.8 Å². The number of aromatic nitrogens is 1. The molecule has 0 saturated carbocycles. The van der Waals surface area contributed by atoms with Crippen molar-refractivity contribution in [1.29, 1.82) is 0 Å². The van der Waals surface area contributed by atoms with E-state index in [4.69, 9.17) is 4.74 Å². The van der Waals surface area contributed by atoms with E-state index in [1.54, 1.807) is 22.9 Å². The first-order valence-corrected chi connectivity index (χ1v) is 11.6. The fraction of sp³-hybridized carbons (Fsp3) is 0.682. The first kappa shape index (κ1) is 23.5. The van der Waals surface area contributed by atoms with Gasteiger partial charge in [-0.05, 0) is 65.5 Å². The van der Waals surface area contributed by atoms with Gasteiger partial charge in [0.05, 0.1) is 11.4 Å². The lowest BCUT2D eigenvalue weighted by atomic mass is 9.97. The molecular weight excluding hydrogens is 386 g/mol. The molecule has 1 unspecified atom stereocenters. The highest BCUT2D eigenvalue weighted by molar-refractivity contribution is 7.99. The van der Waals surface area contributed by atoms with Crippen molar-refractivity contribution >= 4 is 23.8 Å². The summed E-state index contributed by atoms with van der Waals surface area (Å²) >= 11 is 1.60. The minimum Gasteiger partial charge on any atom is -0.444 e. The summed E-state index contributed by atoms with van der Waals surface area (Å²) in [6.07, 6.45) is 3.50. The summed E-state index contributed by atoms with van der Waals surface area (Å²) in [6, 6.07) is 5.89. The van der Waals surface area contributed by atoms with Gasteiger partial charge in [-0.3, -0.25) is 9.78 Å². The number of ether oxygens (including phenoxy) is 1. The molecule has 2 amide bonds. The molecule has 0 aromatic carbocycles. The Hall–Kier alpha value is -1.76. The van der Waals surface area contributed by atoms with Gasteiger partial charge < -0.3 is 14.5 Å². The number of hydrogen-bond donors (Lipinski definition) is 0. The van der Waals surface area contributed by atoms with Crippen LogP contribution < -0.4 is 0 Å². The Morgan fingerprint density at radius 2 is 2.10 bits per heavy atom. The zero-order valence-electron chi connectivity index (χ0n) is 18.4. The normalized spacial score (nSPS) is 17.3. The number of thioether (sulfide) groups is 1. The van der Waals surface area contributed by atoms with Crippen LogP contribution in [0.1, 0.15) is 53.2 Å². The van der Waals surface area contributed by atoms with E-state index in [0.717, 1.165) is 30.8 Å². The average molecular weight is 422 g/mol. The summed E-state index contributed by atoms with van der Waals surface area (Å²) in [5.74, 6) is 1.65. The van der Waals surface area contributed by atoms with Crippen LogP contribution in [-0.4, -0.2) is 63.8 Å². The third kappa shape index (κ3) is 8.25. The summed E-state index contributed by atoms with van der Waals surface area (Å²) < 4.78 is 5.57. The molecule has 1 aromatic heterocycles. The number of carbonyl (C=O) groups excluding carboxylic acids is 2. The maximum absolute atomic E-state index is 12.7. The number of rotatable bonds is 7. The molecular formula is C22H35N3O3S. The van der Waals surface area contributed by atoms with Crippen LogP contribution in [0.4, 0.5) is 4.79 Å². The second-order valence-electron chi connectivity index (χ2n) is 8.89. The van der Waals surface area contributed by atoms with Crippen molar-refractivity contribution in [1.82, 2.24) is 14.8 Å². The quantitative estimate of drug-likeness (QED) is 0.660. The van der Waals surface area contributed by atoms with Gasteiger partial charge in [-0.15, -0.1) is 11.8 Å². The van der Waals surface area contributed by atoms with Crippen molar-refractivity contribution in [3.8, 4) is 0 Å². The third-order valence-corrected chi connectivity index (χ3v) is 5.73. The number of nitrogens with zero attached hydrogens (tertiary/aromatic N) is 3. The van der Waals surface area contributed by atoms with Crippen LogP contribution in [0, 0.1) is 5.92 Å². The Morgan fingerprint density at radius 3 is 2.72 bits per heavy atom. The molecule has 1 atom stereocenters. The average Bonchev–Trinajstić information content (AvgIpc) is 2.65. The van der Waals surface area contributed by atoms with Crippen LogP contribution in [0.5, 0.6) is 0 Å². The van der Waals surface area contributed by atoms with Crippen LogP contribution >= 0.6 is 11.8 Å². The Balaban J connectivity index is 1.84. The van der Waals surface area contributed by atoms with E-state index in [-0.39, 0.29) is 24.0 Å². The SMILES string of the molecule is CC(C)N(CC1CCCN(C(=O)CSCc2ccccn2)C1)C(=O)OC(C)(C)C. The molecule has 0 aliphatic carbocycles. The number of hydrogen-bond acceptors (Lipinski definition) is 5. The Labute approximate surface area is 179 Å². The number of amides is 2. The molecule has 29 heavy (non-hydrogen) atoms. The van der Waals surface area contributed by atoms with Crippen molar-refractivity contribution < 1.29 is 14.3 Å². The first-order chi connectivity index (χ1) is 13.7. The predicted octanol–water partition coefficient (Wildman–Crippen LogP) is 4.20. The summed E-state index contributed by atoms with van der Waals surface area (Å²) in [6.45, 7) is 11.8. The Morgan fingerprint density at radius 1 is 1.34 bits per heavy atom. The fourth-order valence-electron chi connectivity index (χ4n) is 3.35. The van der Waals surface area contributed by atoms with Gasteiger partial charge in [-0.2, -0.15) is 0 Å². The van der Waals surface area contributed by atoms with E-state index in [1.165, 1.54) is 0 Å². The molecule has 0 N–H and O–H groups in total. The summed E-state index contributed by atoms with van der Waals surface area (Å²) in [7, 11) is 0. The van der Waals surface area contributed by atoms with Crippen LogP contribution in [0.3, 0.4) is 0 Å². The van der Waals surface area contributed by atoms with E-state index in [2.05, 4.69) is 4.98 Å². The number of piperidine rings is 1. The van der Waals surface area contributed by atoms with E-state index in [9.17, 15) is 9.59 Å². The summed E-state index contributed by atoms with van der Waals surface area (Å²) in [5.41, 5.74) is 0.482. The predicted molar refractivity (Wildman–Crippen MR) is 118 cm³/mol. The highest BCUT2D eigenvalue weighted by atomic mass is 32.2. The number of likely N-dealkylation sites (tertiary alicyclic amines) is 1. The zero-order chi connectivity index (χ0) is 21.4. The molecule has 2 heterocycles. The van der Waals surface area contributed by atoms with Crippen molar-refractivity contribution in [2.75, 3.05) is 25.4 Å². The van der Waals surface area contributed by atoms with Crippen molar-refractivity contribution in [2.45, 2.75) is 64.9 Å². The van der Waals surface area contributed by atoms with Crippen LogP contribution in [0.15, 0.2) is 24.4 Å². The molecule has 1 saturated heterocycles. The number of pyridine rings is 1. The van der Waals surface area contributed by atoms with Crippen molar-refractivity contribution in [3.63, 3.8) is 0 Å². The second kappa shape index (κ2) is 10.9. The minimum absolute atomic E-state index is 0.0601. The van der Waals surface area contributed by atoms with E-state index < -0.39 is 5.60 Å². The largest absolute Gasteiger partial charge is 0.444 e. The molecule has 0 bridgehead atoms. The van der Waals surface area contributed by atoms with E-state index in [1.807, 2.05) is 57.7 Å². The second-order valence-corrected chi connectivity index (χ2v) is 9.87. The Kier molecular flexibility index (Phi) is 8.80. The highest BCUT2D eigenvalue weighted by Crippen LogP contribution is 2.22. The van der Waals surface area contributed by atoms with Gasteiger partial charge in [0, 0.05) is 37.6 Å². The van der Waals surface area contributed by atoms with Crippen LogP contribution in [0.25, 0.3) is 0 Å². The lowest BCUT2D eigenvalue weighted by molar-refractivity contribution is -0.130. The number of carbonyl (C=O) groups is 2. The van der Waals surface area contributed by atoms with Gasteiger partial charge in [-0.25, -0.2) is 4.79 Å². The maximum atomic E-state index is 12.7. The molecule has 0 spiro atoms. The fourth-order valence-corrected chi connectivity index (χ4v) is 4.19. The van der Waals surface area contributed by atoms with Gasteiger partial charge >= 0.3 is 6.09 Å². The molecule has 1 aliphatic heterocycles. The van der Waals surface area contributed by atoms with E-state index >= 15 is 0 Å². The third-order valence-electron chi connectivity index (χ3n) is 4.78. The molecule has 7 heteroatoms. The minimum atomic E-state index is -0.510. The molecule has 6 nitrogen and oxygen atoms in total. The lowest BCUT2D eigenvalue weighted by Gasteiger charge is -2.37. The molecule has 1 aromatic rings. The smallest absolute Gasteiger partial charge is 0.410 e. The molecule has 0 radical (unpaired) electrons. The maximum Gasteiger partial charge on any atom is 0.410 e. The van der Waals surface area contributed by atoms with Crippen molar-refractivity contribution in [3.05, 3.63) is 30.1 Å². The summed E-state index contributed by atoms with van der Waals surface area (Å²) in [5, 5.41) is 0. The van der Waals surface area contributed by atoms with Gasteiger partial charge in [0.15, 0.2) is 0 Å². The monoisotopic (exact) mass is 421 g/mol. The van der Waals surface area contributed by atoms with Gasteiger partial charge in [0.2, 0.25) is 5.91 Å².